The summed E-state index contributed by atoms with van der Waals surface area (Å²) in [5.41, 5.74) is 0.523. The summed E-state index contributed by atoms with van der Waals surface area (Å²) in [7, 11) is -1.92. The summed E-state index contributed by atoms with van der Waals surface area (Å²) in [6.07, 6.45) is 1.24. The van der Waals surface area contributed by atoms with Crippen LogP contribution in [0.5, 0.6) is 0 Å². The summed E-state index contributed by atoms with van der Waals surface area (Å²) in [4.78, 5) is 28.2. The molecule has 212 valence electrons. The third-order valence-electron chi connectivity index (χ3n) is 8.08. The van der Waals surface area contributed by atoms with Gasteiger partial charge < -0.3 is 10.0 Å². The maximum Gasteiger partial charge on any atom is 0.304 e. The summed E-state index contributed by atoms with van der Waals surface area (Å²) in [6.45, 7) is 5.74. The molecule has 1 aliphatic heterocycles. The van der Waals surface area contributed by atoms with Crippen LogP contribution in [0.25, 0.3) is 0 Å². The van der Waals surface area contributed by atoms with Crippen LogP contribution in [0.1, 0.15) is 69.5 Å². The van der Waals surface area contributed by atoms with Gasteiger partial charge in [0.2, 0.25) is 15.9 Å². The number of piperidine rings is 1. The van der Waals surface area contributed by atoms with Gasteiger partial charge in [0.25, 0.3) is 0 Å². The van der Waals surface area contributed by atoms with E-state index >= 15 is 0 Å². The number of hydrogen-bond acceptors (Lipinski definition) is 4. The topological polar surface area (TPSA) is 95.0 Å². The molecule has 0 aromatic heterocycles. The average Bonchev–Trinajstić information content (AvgIpc) is 3.70. The number of carboxylic acid groups (broad SMARTS) is 1. The lowest BCUT2D eigenvalue weighted by atomic mass is 9.66. The number of halogens is 2. The van der Waals surface area contributed by atoms with Gasteiger partial charge in [-0.1, -0.05) is 68.2 Å². The lowest BCUT2D eigenvalue weighted by Crippen LogP contribution is -2.59. The molecule has 1 heterocycles. The Bertz CT molecular complexity index is 1330. The third-order valence-corrected chi connectivity index (χ3v) is 10.9. The minimum atomic E-state index is -3.49. The Hall–Kier alpha value is -2.13. The van der Waals surface area contributed by atoms with E-state index in [2.05, 4.69) is 0 Å². The Labute approximate surface area is 241 Å². The molecule has 4 atom stereocenters. The molecule has 1 saturated heterocycles. The first kappa shape index (κ1) is 29.8. The van der Waals surface area contributed by atoms with Crippen molar-refractivity contribution in [2.75, 3.05) is 13.6 Å². The second-order valence-electron chi connectivity index (χ2n) is 11.5. The molecular weight excluding hydrogens is 559 g/mol. The van der Waals surface area contributed by atoms with Gasteiger partial charge in [-0.05, 0) is 60.6 Å². The van der Waals surface area contributed by atoms with Crippen molar-refractivity contribution >= 4 is 45.1 Å². The van der Waals surface area contributed by atoms with Gasteiger partial charge in [0.15, 0.2) is 0 Å². The minimum Gasteiger partial charge on any atom is -0.481 e. The molecule has 2 aliphatic rings. The summed E-state index contributed by atoms with van der Waals surface area (Å²) < 4.78 is 27.6. The van der Waals surface area contributed by atoms with E-state index in [1.165, 1.54) is 4.31 Å². The number of nitrogens with zero attached hydrogens (tertiary/aromatic N) is 2. The molecule has 2 aromatic carbocycles. The Morgan fingerprint density at radius 3 is 2.28 bits per heavy atom. The largest absolute Gasteiger partial charge is 0.481 e. The highest BCUT2D eigenvalue weighted by Gasteiger charge is 2.53. The number of benzene rings is 2. The fourth-order valence-electron chi connectivity index (χ4n) is 5.85. The normalized spacial score (nSPS) is 24.8. The monoisotopic (exact) mass is 594 g/mol. The number of likely N-dealkylation sites (N-methyl/N-ethyl adjacent to an activating group) is 1. The molecule has 7 nitrogen and oxygen atoms in total. The summed E-state index contributed by atoms with van der Waals surface area (Å²) in [5.74, 6) is -1.76. The van der Waals surface area contributed by atoms with Crippen molar-refractivity contribution < 1.29 is 23.1 Å². The van der Waals surface area contributed by atoms with Gasteiger partial charge >= 0.3 is 5.97 Å². The van der Waals surface area contributed by atoms with E-state index in [-0.39, 0.29) is 36.0 Å². The fourth-order valence-corrected chi connectivity index (χ4v) is 7.78. The molecular formula is C29H36Cl2N2O5S. The SMILES string of the molecule is CC(C)[C@@H](CN(C)S(=O)(=O)C1CC1)N1C(=O)[C@@](C)(CC(=O)O)CC(c2cccc(Cl)c2)[C@H]1c1ccc(Cl)cc1. The summed E-state index contributed by atoms with van der Waals surface area (Å²) >= 11 is 12.6. The smallest absolute Gasteiger partial charge is 0.304 e. The van der Waals surface area contributed by atoms with E-state index in [1.807, 2.05) is 44.2 Å². The molecule has 4 rings (SSSR count). The van der Waals surface area contributed by atoms with E-state index in [4.69, 9.17) is 23.2 Å². The lowest BCUT2D eigenvalue weighted by molar-refractivity contribution is -0.161. The summed E-state index contributed by atoms with van der Waals surface area (Å²) in [6, 6.07) is 13.7. The van der Waals surface area contributed by atoms with Crippen LogP contribution in [-0.2, 0) is 19.6 Å². The minimum absolute atomic E-state index is 0.109. The standard InChI is InChI=1S/C29H36Cl2N2O5S/c1-18(2)25(17-32(4)39(37,38)23-12-13-23)33-27(19-8-10-21(30)11-9-19)24(20-6-5-7-22(31)14-20)15-29(3,28(33)36)16-26(34)35/h5-11,14,18,23-25,27H,12-13,15-17H2,1-4H3,(H,34,35)/t24?,25-,27-,29-/m1/s1. The Morgan fingerprint density at radius 2 is 1.74 bits per heavy atom. The predicted molar refractivity (Wildman–Crippen MR) is 153 cm³/mol. The molecule has 1 unspecified atom stereocenters. The van der Waals surface area contributed by atoms with Gasteiger partial charge in [-0.15, -0.1) is 0 Å². The van der Waals surface area contributed by atoms with Crippen LogP contribution in [0, 0.1) is 11.3 Å². The molecule has 1 amide bonds. The number of hydrogen-bond donors (Lipinski definition) is 1. The van der Waals surface area contributed by atoms with Crippen molar-refractivity contribution in [3.05, 3.63) is 69.7 Å². The van der Waals surface area contributed by atoms with Crippen LogP contribution in [0.4, 0.5) is 0 Å². The van der Waals surface area contributed by atoms with Crippen molar-refractivity contribution in [3.63, 3.8) is 0 Å². The van der Waals surface area contributed by atoms with Crippen molar-refractivity contribution in [2.45, 2.75) is 69.7 Å². The van der Waals surface area contributed by atoms with Crippen LogP contribution in [0.2, 0.25) is 10.0 Å². The van der Waals surface area contributed by atoms with Crippen LogP contribution in [0.3, 0.4) is 0 Å². The lowest BCUT2D eigenvalue weighted by Gasteiger charge is -2.53. The predicted octanol–water partition coefficient (Wildman–Crippen LogP) is 5.98. The van der Waals surface area contributed by atoms with Crippen molar-refractivity contribution in [1.82, 2.24) is 9.21 Å². The Kier molecular flexibility index (Phi) is 8.72. The van der Waals surface area contributed by atoms with Crippen LogP contribution < -0.4 is 0 Å². The van der Waals surface area contributed by atoms with E-state index in [0.717, 1.165) is 11.1 Å². The zero-order valence-electron chi connectivity index (χ0n) is 22.7. The Balaban J connectivity index is 1.89. The summed E-state index contributed by atoms with van der Waals surface area (Å²) in [5, 5.41) is 10.5. The first-order valence-corrected chi connectivity index (χ1v) is 15.5. The van der Waals surface area contributed by atoms with Gasteiger partial charge in [0.05, 0.1) is 23.1 Å². The number of carbonyl (C=O) groups is 2. The number of likely N-dealkylation sites (tertiary alicyclic amines) is 1. The number of carboxylic acids is 1. The quantitative estimate of drug-likeness (QED) is 0.365. The molecule has 1 N–H and O–H groups in total. The highest BCUT2D eigenvalue weighted by molar-refractivity contribution is 7.90. The number of carbonyl (C=O) groups excluding carboxylic acids is 1. The van der Waals surface area contributed by atoms with Crippen molar-refractivity contribution in [2.24, 2.45) is 11.3 Å². The number of aliphatic carboxylic acids is 1. The number of sulfonamides is 1. The van der Waals surface area contributed by atoms with Gasteiger partial charge in [0.1, 0.15) is 0 Å². The second kappa shape index (κ2) is 11.4. The van der Waals surface area contributed by atoms with E-state index in [9.17, 15) is 23.1 Å². The van der Waals surface area contributed by atoms with E-state index in [0.29, 0.717) is 29.3 Å². The Morgan fingerprint density at radius 1 is 1.10 bits per heavy atom. The van der Waals surface area contributed by atoms with Crippen molar-refractivity contribution in [3.8, 4) is 0 Å². The van der Waals surface area contributed by atoms with Gasteiger partial charge in [0, 0.05) is 35.6 Å². The molecule has 0 bridgehead atoms. The molecule has 1 aliphatic carbocycles. The molecule has 39 heavy (non-hydrogen) atoms. The first-order valence-electron chi connectivity index (χ1n) is 13.2. The molecule has 0 radical (unpaired) electrons. The molecule has 2 fully saturated rings. The maximum atomic E-state index is 14.4. The third kappa shape index (κ3) is 6.29. The van der Waals surface area contributed by atoms with Crippen LogP contribution >= 0.6 is 23.2 Å². The second-order valence-corrected chi connectivity index (χ2v) is 14.7. The number of amides is 1. The molecule has 1 saturated carbocycles. The van der Waals surface area contributed by atoms with Gasteiger partial charge in [-0.2, -0.15) is 0 Å². The maximum absolute atomic E-state index is 14.4. The highest BCUT2D eigenvalue weighted by Crippen LogP contribution is 2.52. The first-order chi connectivity index (χ1) is 18.2. The zero-order chi connectivity index (χ0) is 28.7. The molecule has 2 aromatic rings. The fraction of sp³-hybridized carbons (Fsp3) is 0.517. The highest BCUT2D eigenvalue weighted by atomic mass is 35.5. The molecule has 0 spiro atoms. The average molecular weight is 596 g/mol. The van der Waals surface area contributed by atoms with Crippen molar-refractivity contribution in [1.29, 1.82) is 0 Å². The number of rotatable bonds is 10. The van der Waals surface area contributed by atoms with E-state index < -0.39 is 33.5 Å². The van der Waals surface area contributed by atoms with Gasteiger partial charge in [-0.25, -0.2) is 12.7 Å². The van der Waals surface area contributed by atoms with Crippen LogP contribution in [0.15, 0.2) is 48.5 Å². The van der Waals surface area contributed by atoms with E-state index in [1.54, 1.807) is 37.1 Å². The van der Waals surface area contributed by atoms with Crippen LogP contribution in [-0.4, -0.2) is 59.5 Å². The van der Waals surface area contributed by atoms with Gasteiger partial charge in [-0.3, -0.25) is 9.59 Å². The zero-order valence-corrected chi connectivity index (χ0v) is 25.0. The molecule has 10 heteroatoms.